The van der Waals surface area contributed by atoms with Gasteiger partial charge < -0.3 is 10.1 Å². The van der Waals surface area contributed by atoms with E-state index in [1.54, 1.807) is 13.1 Å². The van der Waals surface area contributed by atoms with Crippen LogP contribution in [-0.4, -0.2) is 40.2 Å². The molecule has 1 atom stereocenters. The number of nitrogens with one attached hydrogen (secondary N) is 1. The van der Waals surface area contributed by atoms with E-state index in [1.807, 2.05) is 28.8 Å². The highest BCUT2D eigenvalue weighted by atomic mass is 32.2. The van der Waals surface area contributed by atoms with Crippen LogP contribution in [-0.2, 0) is 14.3 Å². The highest BCUT2D eigenvalue weighted by Gasteiger charge is 2.17. The van der Waals surface area contributed by atoms with Gasteiger partial charge in [0.15, 0.2) is 5.16 Å². The first kappa shape index (κ1) is 14.4. The summed E-state index contributed by atoms with van der Waals surface area (Å²) in [6.45, 7) is 1.64. The van der Waals surface area contributed by atoms with Crippen molar-refractivity contribution in [3.63, 3.8) is 0 Å². The molecular weight excluding hydrogens is 278 g/mol. The Hall–Kier alpha value is -2.02. The van der Waals surface area contributed by atoms with Crippen molar-refractivity contribution in [1.82, 2.24) is 14.7 Å². The molecule has 106 valence electrons. The van der Waals surface area contributed by atoms with Crippen molar-refractivity contribution < 1.29 is 14.3 Å². The van der Waals surface area contributed by atoms with Crippen LogP contribution in [0.2, 0.25) is 0 Å². The van der Waals surface area contributed by atoms with Crippen LogP contribution in [0.3, 0.4) is 0 Å². The van der Waals surface area contributed by atoms with Gasteiger partial charge in [0.2, 0.25) is 5.91 Å². The van der Waals surface area contributed by atoms with Crippen LogP contribution >= 0.6 is 11.8 Å². The average molecular weight is 293 g/mol. The molecule has 0 aliphatic carbocycles. The molecule has 0 saturated carbocycles. The molecule has 0 aliphatic rings. The smallest absolute Gasteiger partial charge is 0.325 e. The number of hydrogen-bond donors (Lipinski definition) is 1. The summed E-state index contributed by atoms with van der Waals surface area (Å²) in [5, 5.41) is 2.90. The molecule has 1 amide bonds. The highest BCUT2D eigenvalue weighted by molar-refractivity contribution is 8.00. The summed E-state index contributed by atoms with van der Waals surface area (Å²) < 4.78 is 6.38. The van der Waals surface area contributed by atoms with Crippen LogP contribution in [0, 0.1) is 0 Å². The van der Waals surface area contributed by atoms with E-state index in [1.165, 1.54) is 18.9 Å². The molecule has 0 aromatic carbocycles. The molecule has 0 radical (unpaired) electrons. The van der Waals surface area contributed by atoms with Gasteiger partial charge in [-0.3, -0.25) is 14.0 Å². The van der Waals surface area contributed by atoms with Gasteiger partial charge in [0.05, 0.1) is 24.1 Å². The quantitative estimate of drug-likeness (QED) is 0.660. The second kappa shape index (κ2) is 6.42. The average Bonchev–Trinajstić information content (AvgIpc) is 2.87. The Kier molecular flexibility index (Phi) is 4.62. The number of imidazole rings is 1. The fourth-order valence-electron chi connectivity index (χ4n) is 1.59. The number of esters is 1. The third-order valence-corrected chi connectivity index (χ3v) is 3.77. The molecule has 2 heterocycles. The lowest BCUT2D eigenvalue weighted by Crippen LogP contribution is -2.35. The number of carbonyl (C=O) groups is 2. The molecule has 0 aliphatic heterocycles. The lowest BCUT2D eigenvalue weighted by Gasteiger charge is -2.10. The maximum atomic E-state index is 11.8. The molecule has 2 rings (SSSR count). The largest absolute Gasteiger partial charge is 0.468 e. The summed E-state index contributed by atoms with van der Waals surface area (Å²) in [5.41, 5.74) is 0.970. The molecule has 0 spiro atoms. The predicted molar refractivity (Wildman–Crippen MR) is 75.5 cm³/mol. The zero-order valence-electron chi connectivity index (χ0n) is 11.2. The SMILES string of the molecule is COC(=O)CNC(=O)C(C)Sc1ncc2ccccn12. The normalized spacial score (nSPS) is 12.1. The Morgan fingerprint density at radius 1 is 1.50 bits per heavy atom. The molecule has 0 bridgehead atoms. The number of methoxy groups -OCH3 is 1. The van der Waals surface area contributed by atoms with Crippen LogP contribution in [0.25, 0.3) is 5.52 Å². The van der Waals surface area contributed by atoms with E-state index in [-0.39, 0.29) is 17.7 Å². The van der Waals surface area contributed by atoms with Crippen LogP contribution in [0.15, 0.2) is 35.7 Å². The van der Waals surface area contributed by atoms with Gasteiger partial charge in [-0.25, -0.2) is 4.98 Å². The third kappa shape index (κ3) is 3.30. The first-order chi connectivity index (χ1) is 9.61. The van der Waals surface area contributed by atoms with E-state index in [0.717, 1.165) is 10.7 Å². The molecular formula is C13H15N3O3S. The van der Waals surface area contributed by atoms with Crippen molar-refractivity contribution in [2.45, 2.75) is 17.3 Å². The van der Waals surface area contributed by atoms with Crippen LogP contribution in [0.4, 0.5) is 0 Å². The van der Waals surface area contributed by atoms with Crippen molar-refractivity contribution in [3.8, 4) is 0 Å². The number of aromatic nitrogens is 2. The number of ether oxygens (including phenoxy) is 1. The Labute approximate surface area is 120 Å². The van der Waals surface area contributed by atoms with Gasteiger partial charge in [0, 0.05) is 6.20 Å². The number of carbonyl (C=O) groups excluding carboxylic acids is 2. The minimum Gasteiger partial charge on any atom is -0.468 e. The van der Waals surface area contributed by atoms with E-state index in [2.05, 4.69) is 15.0 Å². The van der Waals surface area contributed by atoms with E-state index in [4.69, 9.17) is 0 Å². The fraction of sp³-hybridized carbons (Fsp3) is 0.308. The number of nitrogens with zero attached hydrogens (tertiary/aromatic N) is 2. The molecule has 0 fully saturated rings. The van der Waals surface area contributed by atoms with Gasteiger partial charge in [-0.1, -0.05) is 17.8 Å². The van der Waals surface area contributed by atoms with Gasteiger partial charge >= 0.3 is 5.97 Å². The van der Waals surface area contributed by atoms with Crippen LogP contribution in [0.1, 0.15) is 6.92 Å². The molecule has 6 nitrogen and oxygen atoms in total. The van der Waals surface area contributed by atoms with Crippen LogP contribution < -0.4 is 5.32 Å². The predicted octanol–water partition coefficient (Wildman–Crippen LogP) is 1.10. The lowest BCUT2D eigenvalue weighted by molar-refractivity contribution is -0.141. The molecule has 1 unspecified atom stereocenters. The summed E-state index contributed by atoms with van der Waals surface area (Å²) in [4.78, 5) is 27.1. The van der Waals surface area contributed by atoms with E-state index in [0.29, 0.717) is 0 Å². The number of pyridine rings is 1. The fourth-order valence-corrected chi connectivity index (χ4v) is 2.49. The minimum atomic E-state index is -0.471. The number of hydrogen-bond acceptors (Lipinski definition) is 5. The maximum Gasteiger partial charge on any atom is 0.325 e. The Morgan fingerprint density at radius 3 is 3.05 bits per heavy atom. The van der Waals surface area contributed by atoms with Gasteiger partial charge in [-0.15, -0.1) is 0 Å². The standard InChI is InChI=1S/C13H15N3O3S/c1-9(12(18)14-8-11(17)19-2)20-13-15-7-10-5-3-4-6-16(10)13/h3-7,9H,8H2,1-2H3,(H,14,18). The van der Waals surface area contributed by atoms with Crippen molar-refractivity contribution in [3.05, 3.63) is 30.6 Å². The molecule has 7 heteroatoms. The van der Waals surface area contributed by atoms with Crippen molar-refractivity contribution in [2.75, 3.05) is 13.7 Å². The van der Waals surface area contributed by atoms with Crippen molar-refractivity contribution >= 4 is 29.2 Å². The topological polar surface area (TPSA) is 72.7 Å². The minimum absolute atomic E-state index is 0.122. The first-order valence-electron chi connectivity index (χ1n) is 6.05. The number of rotatable bonds is 5. The Morgan fingerprint density at radius 2 is 2.30 bits per heavy atom. The lowest BCUT2D eigenvalue weighted by atomic mass is 10.4. The second-order valence-electron chi connectivity index (χ2n) is 4.09. The highest BCUT2D eigenvalue weighted by Crippen LogP contribution is 2.22. The van der Waals surface area contributed by atoms with E-state index in [9.17, 15) is 9.59 Å². The zero-order chi connectivity index (χ0) is 14.5. The third-order valence-electron chi connectivity index (χ3n) is 2.69. The van der Waals surface area contributed by atoms with Gasteiger partial charge in [-0.2, -0.15) is 0 Å². The van der Waals surface area contributed by atoms with Crippen molar-refractivity contribution in [1.29, 1.82) is 0 Å². The Balaban J connectivity index is 1.98. The van der Waals surface area contributed by atoms with Gasteiger partial charge in [0.1, 0.15) is 6.54 Å². The summed E-state index contributed by atoms with van der Waals surface area (Å²) in [5.74, 6) is -0.699. The second-order valence-corrected chi connectivity index (χ2v) is 5.40. The maximum absolute atomic E-state index is 11.8. The summed E-state index contributed by atoms with van der Waals surface area (Å²) in [6, 6.07) is 5.78. The number of amides is 1. The molecule has 0 saturated heterocycles. The van der Waals surface area contributed by atoms with Gasteiger partial charge in [0.25, 0.3) is 0 Å². The number of thioether (sulfide) groups is 1. The zero-order valence-corrected chi connectivity index (χ0v) is 12.0. The van der Waals surface area contributed by atoms with Crippen molar-refractivity contribution in [2.24, 2.45) is 0 Å². The van der Waals surface area contributed by atoms with E-state index < -0.39 is 5.97 Å². The van der Waals surface area contributed by atoms with Gasteiger partial charge in [-0.05, 0) is 19.1 Å². The van der Waals surface area contributed by atoms with E-state index >= 15 is 0 Å². The Bertz CT molecular complexity index is 626. The summed E-state index contributed by atoms with van der Waals surface area (Å²) in [6.07, 6.45) is 3.64. The molecule has 20 heavy (non-hydrogen) atoms. The van der Waals surface area contributed by atoms with Crippen LogP contribution in [0.5, 0.6) is 0 Å². The number of fused-ring (bicyclic) bond motifs is 1. The monoisotopic (exact) mass is 293 g/mol. The molecule has 2 aromatic rings. The first-order valence-corrected chi connectivity index (χ1v) is 6.93. The molecule has 2 aromatic heterocycles. The molecule has 1 N–H and O–H groups in total. The summed E-state index contributed by atoms with van der Waals surface area (Å²) >= 11 is 1.33. The summed E-state index contributed by atoms with van der Waals surface area (Å²) in [7, 11) is 1.28.